The van der Waals surface area contributed by atoms with E-state index in [1.54, 1.807) is 31.2 Å². The highest BCUT2D eigenvalue weighted by atomic mass is 19.2. The maximum absolute atomic E-state index is 14.7. The number of aryl methyl sites for hydroxylation is 1. The van der Waals surface area contributed by atoms with Crippen LogP contribution in [-0.2, 0) is 11.3 Å². The second-order valence-electron chi connectivity index (χ2n) is 9.16. The van der Waals surface area contributed by atoms with Gasteiger partial charge in [-0.15, -0.1) is 0 Å². The van der Waals surface area contributed by atoms with E-state index in [4.69, 9.17) is 4.74 Å². The lowest BCUT2D eigenvalue weighted by atomic mass is 9.82. The Hall–Kier alpha value is -1.88. The smallest absolute Gasteiger partial charge is 0.164 e. The van der Waals surface area contributed by atoms with E-state index in [0.29, 0.717) is 42.4 Å². The van der Waals surface area contributed by atoms with Crippen molar-refractivity contribution < 1.29 is 22.3 Å². The Morgan fingerprint density at radius 1 is 0.677 bits per heavy atom. The molecule has 0 amide bonds. The summed E-state index contributed by atoms with van der Waals surface area (Å²) in [5.41, 5.74) is 1.47. The fourth-order valence-electron chi connectivity index (χ4n) is 5.17. The molecule has 0 radical (unpaired) electrons. The average Bonchev–Trinajstić information content (AvgIpc) is 2.80. The van der Waals surface area contributed by atoms with Gasteiger partial charge in [-0.25, -0.2) is 17.6 Å². The standard InChI is InChI=1S/C26H30F4O/c1-16-7-13-21(25(29)23(16)27)18-8-11-20(12-9-18)31-15-19-10-14-22(26(30)24(19)28)17-5-3-2-4-6-17/h7,10,13-14,17-18,20H,2-6,8-9,11-12,15H2,1H3. The zero-order valence-corrected chi connectivity index (χ0v) is 18.0. The quantitative estimate of drug-likeness (QED) is 0.436. The number of hydrogen-bond acceptors (Lipinski definition) is 1. The van der Waals surface area contributed by atoms with Gasteiger partial charge in [0.05, 0.1) is 12.7 Å². The minimum Gasteiger partial charge on any atom is -0.373 e. The van der Waals surface area contributed by atoms with Gasteiger partial charge in [-0.3, -0.25) is 0 Å². The first-order valence-electron chi connectivity index (χ1n) is 11.5. The Balaban J connectivity index is 1.34. The van der Waals surface area contributed by atoms with Crippen molar-refractivity contribution in [3.63, 3.8) is 0 Å². The van der Waals surface area contributed by atoms with E-state index < -0.39 is 23.3 Å². The largest absolute Gasteiger partial charge is 0.373 e. The van der Waals surface area contributed by atoms with E-state index in [2.05, 4.69) is 0 Å². The van der Waals surface area contributed by atoms with Gasteiger partial charge < -0.3 is 4.74 Å². The molecule has 0 aliphatic heterocycles. The maximum atomic E-state index is 14.7. The molecule has 2 aromatic rings. The minimum absolute atomic E-state index is 0.0244. The van der Waals surface area contributed by atoms with E-state index in [1.165, 1.54) is 6.42 Å². The number of hydrogen-bond donors (Lipinski definition) is 0. The molecule has 4 rings (SSSR count). The molecule has 31 heavy (non-hydrogen) atoms. The summed E-state index contributed by atoms with van der Waals surface area (Å²) in [5, 5.41) is 0. The monoisotopic (exact) mass is 434 g/mol. The molecule has 0 aromatic heterocycles. The molecule has 2 aliphatic carbocycles. The van der Waals surface area contributed by atoms with Crippen molar-refractivity contribution in [2.24, 2.45) is 0 Å². The van der Waals surface area contributed by atoms with Crippen LogP contribution >= 0.6 is 0 Å². The van der Waals surface area contributed by atoms with Crippen molar-refractivity contribution in [3.8, 4) is 0 Å². The van der Waals surface area contributed by atoms with Crippen LogP contribution in [0, 0.1) is 30.2 Å². The molecular formula is C26H30F4O. The van der Waals surface area contributed by atoms with Crippen LogP contribution in [-0.4, -0.2) is 6.10 Å². The summed E-state index contributed by atoms with van der Waals surface area (Å²) in [7, 11) is 0. The number of benzene rings is 2. The van der Waals surface area contributed by atoms with Crippen LogP contribution in [0.15, 0.2) is 24.3 Å². The van der Waals surface area contributed by atoms with Crippen LogP contribution in [0.4, 0.5) is 17.6 Å². The molecule has 1 nitrogen and oxygen atoms in total. The highest BCUT2D eigenvalue weighted by Crippen LogP contribution is 2.37. The fraction of sp³-hybridized carbons (Fsp3) is 0.538. The fourth-order valence-corrected chi connectivity index (χ4v) is 5.17. The lowest BCUT2D eigenvalue weighted by Gasteiger charge is -2.29. The molecule has 0 unspecified atom stereocenters. The third kappa shape index (κ3) is 4.82. The topological polar surface area (TPSA) is 9.23 Å². The Bertz CT molecular complexity index is 912. The SMILES string of the molecule is Cc1ccc(C2CCC(OCc3ccc(C4CCCCC4)c(F)c3F)CC2)c(F)c1F. The van der Waals surface area contributed by atoms with Gasteiger partial charge in [-0.2, -0.15) is 0 Å². The first-order chi connectivity index (χ1) is 15.0. The Morgan fingerprint density at radius 3 is 1.94 bits per heavy atom. The van der Waals surface area contributed by atoms with Gasteiger partial charge in [0.15, 0.2) is 23.3 Å². The van der Waals surface area contributed by atoms with Gasteiger partial charge >= 0.3 is 0 Å². The highest BCUT2D eigenvalue weighted by molar-refractivity contribution is 5.30. The van der Waals surface area contributed by atoms with Gasteiger partial charge in [-0.05, 0) is 74.0 Å². The molecule has 0 spiro atoms. The summed E-state index contributed by atoms with van der Waals surface area (Å²) >= 11 is 0. The Labute approximate surface area is 181 Å². The van der Waals surface area contributed by atoms with Crippen molar-refractivity contribution in [2.75, 3.05) is 0 Å². The van der Waals surface area contributed by atoms with Crippen molar-refractivity contribution in [3.05, 3.63) is 69.8 Å². The first kappa shape index (κ1) is 22.3. The lowest BCUT2D eigenvalue weighted by molar-refractivity contribution is 0.0116. The highest BCUT2D eigenvalue weighted by Gasteiger charge is 2.27. The van der Waals surface area contributed by atoms with Gasteiger partial charge in [-0.1, -0.05) is 43.5 Å². The molecule has 0 N–H and O–H groups in total. The normalized spacial score (nSPS) is 22.6. The predicted octanol–water partition coefficient (Wildman–Crippen LogP) is 7.84. The van der Waals surface area contributed by atoms with E-state index in [0.717, 1.165) is 25.7 Å². The first-order valence-corrected chi connectivity index (χ1v) is 11.5. The van der Waals surface area contributed by atoms with E-state index in [9.17, 15) is 17.6 Å². The number of halogens is 4. The molecule has 5 heteroatoms. The Kier molecular flexibility index (Phi) is 7.00. The third-order valence-electron chi connectivity index (χ3n) is 7.13. The van der Waals surface area contributed by atoms with E-state index >= 15 is 0 Å². The van der Waals surface area contributed by atoms with Crippen LogP contribution in [0.3, 0.4) is 0 Å². The van der Waals surface area contributed by atoms with Gasteiger partial charge in [0.1, 0.15) is 0 Å². The van der Waals surface area contributed by atoms with Crippen LogP contribution < -0.4 is 0 Å². The van der Waals surface area contributed by atoms with Crippen molar-refractivity contribution in [1.29, 1.82) is 0 Å². The van der Waals surface area contributed by atoms with Crippen LogP contribution in [0.5, 0.6) is 0 Å². The molecule has 2 aromatic carbocycles. The van der Waals surface area contributed by atoms with Crippen molar-refractivity contribution in [1.82, 2.24) is 0 Å². The molecule has 0 bridgehead atoms. The van der Waals surface area contributed by atoms with E-state index in [-0.39, 0.29) is 30.1 Å². The van der Waals surface area contributed by atoms with E-state index in [1.807, 2.05) is 0 Å². The lowest BCUT2D eigenvalue weighted by Crippen LogP contribution is -2.22. The zero-order valence-electron chi connectivity index (χ0n) is 18.0. The van der Waals surface area contributed by atoms with Gasteiger partial charge in [0.25, 0.3) is 0 Å². The molecule has 0 atom stereocenters. The summed E-state index contributed by atoms with van der Waals surface area (Å²) < 4.78 is 63.3. The molecule has 2 fully saturated rings. The molecule has 168 valence electrons. The van der Waals surface area contributed by atoms with Gasteiger partial charge in [0.2, 0.25) is 0 Å². The Morgan fingerprint density at radius 2 is 1.26 bits per heavy atom. The summed E-state index contributed by atoms with van der Waals surface area (Å²) in [5.74, 6) is -2.98. The maximum Gasteiger partial charge on any atom is 0.164 e. The summed E-state index contributed by atoms with van der Waals surface area (Å²) in [6.45, 7) is 1.58. The van der Waals surface area contributed by atoms with Gasteiger partial charge in [0, 0.05) is 5.56 Å². The van der Waals surface area contributed by atoms with Crippen LogP contribution in [0.25, 0.3) is 0 Å². The zero-order chi connectivity index (χ0) is 22.0. The second kappa shape index (κ2) is 9.72. The molecule has 0 saturated heterocycles. The molecule has 2 saturated carbocycles. The number of ether oxygens (including phenoxy) is 1. The van der Waals surface area contributed by atoms with Crippen LogP contribution in [0.1, 0.15) is 91.9 Å². The third-order valence-corrected chi connectivity index (χ3v) is 7.13. The van der Waals surface area contributed by atoms with Crippen molar-refractivity contribution in [2.45, 2.75) is 89.3 Å². The molecule has 2 aliphatic rings. The number of rotatable bonds is 5. The van der Waals surface area contributed by atoms with Crippen LogP contribution in [0.2, 0.25) is 0 Å². The average molecular weight is 435 g/mol. The predicted molar refractivity (Wildman–Crippen MR) is 113 cm³/mol. The second-order valence-corrected chi connectivity index (χ2v) is 9.16. The summed E-state index contributed by atoms with van der Waals surface area (Å²) in [6, 6.07) is 6.66. The summed E-state index contributed by atoms with van der Waals surface area (Å²) in [4.78, 5) is 0. The minimum atomic E-state index is -0.797. The molecular weight excluding hydrogens is 404 g/mol. The molecule has 0 heterocycles. The van der Waals surface area contributed by atoms with Crippen molar-refractivity contribution >= 4 is 0 Å². The summed E-state index contributed by atoms with van der Waals surface area (Å²) in [6.07, 6.45) is 7.78.